The SMILES string of the molecule is CCn1c(SCC(=O)Nc2ccc(C)cc2C)nc2cc3ccccc3cc2c1=O. The van der Waals surface area contributed by atoms with Gasteiger partial charge >= 0.3 is 0 Å². The Labute approximate surface area is 179 Å². The molecule has 0 aliphatic carbocycles. The second kappa shape index (κ2) is 8.32. The zero-order valence-corrected chi connectivity index (χ0v) is 18.0. The molecule has 4 aromatic rings. The maximum absolute atomic E-state index is 13.0. The van der Waals surface area contributed by atoms with Crippen molar-refractivity contribution in [2.24, 2.45) is 0 Å². The Bertz CT molecular complexity index is 1330. The molecule has 1 aromatic heterocycles. The Morgan fingerprint density at radius 1 is 1.07 bits per heavy atom. The molecule has 0 saturated heterocycles. The molecule has 1 N–H and O–H groups in total. The molecule has 4 rings (SSSR count). The van der Waals surface area contributed by atoms with E-state index in [2.05, 4.69) is 5.32 Å². The van der Waals surface area contributed by atoms with Crippen LogP contribution in [0, 0.1) is 13.8 Å². The van der Waals surface area contributed by atoms with E-state index >= 15 is 0 Å². The second-order valence-corrected chi connectivity index (χ2v) is 8.26. The van der Waals surface area contributed by atoms with Gasteiger partial charge in [-0.15, -0.1) is 0 Å². The third kappa shape index (κ3) is 3.96. The molecular weight excluding hydrogens is 394 g/mol. The van der Waals surface area contributed by atoms with Crippen LogP contribution in [0.5, 0.6) is 0 Å². The Balaban J connectivity index is 1.62. The number of benzene rings is 3. The minimum absolute atomic E-state index is 0.0782. The van der Waals surface area contributed by atoms with E-state index in [1.54, 1.807) is 4.57 Å². The Morgan fingerprint density at radius 3 is 2.50 bits per heavy atom. The smallest absolute Gasteiger partial charge is 0.262 e. The average molecular weight is 418 g/mol. The van der Waals surface area contributed by atoms with Gasteiger partial charge in [-0.2, -0.15) is 0 Å². The van der Waals surface area contributed by atoms with Gasteiger partial charge < -0.3 is 5.32 Å². The van der Waals surface area contributed by atoms with Crippen LogP contribution in [0.4, 0.5) is 5.69 Å². The molecule has 0 unspecified atom stereocenters. The zero-order valence-electron chi connectivity index (χ0n) is 17.2. The van der Waals surface area contributed by atoms with E-state index in [0.717, 1.165) is 27.6 Å². The van der Waals surface area contributed by atoms with Crippen LogP contribution in [0.15, 0.2) is 64.5 Å². The van der Waals surface area contributed by atoms with Crippen LogP contribution in [0.3, 0.4) is 0 Å². The van der Waals surface area contributed by atoms with Crippen LogP contribution in [-0.2, 0) is 11.3 Å². The van der Waals surface area contributed by atoms with E-state index in [1.165, 1.54) is 11.8 Å². The van der Waals surface area contributed by atoms with Gasteiger partial charge in [-0.25, -0.2) is 4.98 Å². The van der Waals surface area contributed by atoms with Gasteiger partial charge in [0.05, 0.1) is 16.7 Å². The molecule has 30 heavy (non-hydrogen) atoms. The molecule has 152 valence electrons. The number of carbonyl (C=O) groups is 1. The highest BCUT2D eigenvalue weighted by Gasteiger charge is 2.14. The molecule has 0 radical (unpaired) electrons. The highest BCUT2D eigenvalue weighted by Crippen LogP contribution is 2.23. The van der Waals surface area contributed by atoms with Crippen LogP contribution >= 0.6 is 11.8 Å². The van der Waals surface area contributed by atoms with Gasteiger partial charge in [-0.05, 0) is 55.3 Å². The van der Waals surface area contributed by atoms with E-state index in [4.69, 9.17) is 4.98 Å². The van der Waals surface area contributed by atoms with Gasteiger partial charge in [0.2, 0.25) is 5.91 Å². The largest absolute Gasteiger partial charge is 0.325 e. The first-order valence-electron chi connectivity index (χ1n) is 9.89. The van der Waals surface area contributed by atoms with Crippen LogP contribution < -0.4 is 10.9 Å². The normalized spacial score (nSPS) is 11.2. The summed E-state index contributed by atoms with van der Waals surface area (Å²) in [6.45, 7) is 6.40. The first kappa shape index (κ1) is 20.2. The van der Waals surface area contributed by atoms with Crippen molar-refractivity contribution in [1.29, 1.82) is 0 Å². The summed E-state index contributed by atoms with van der Waals surface area (Å²) < 4.78 is 1.63. The Kier molecular flexibility index (Phi) is 5.59. The minimum atomic E-state index is -0.123. The fraction of sp³-hybridized carbons (Fsp3) is 0.208. The number of hydrogen-bond acceptors (Lipinski definition) is 4. The van der Waals surface area contributed by atoms with Gasteiger partial charge in [0.1, 0.15) is 0 Å². The number of fused-ring (bicyclic) bond motifs is 2. The third-order valence-electron chi connectivity index (χ3n) is 5.09. The van der Waals surface area contributed by atoms with E-state index in [9.17, 15) is 9.59 Å². The molecule has 1 heterocycles. The molecule has 0 aliphatic rings. The lowest BCUT2D eigenvalue weighted by Gasteiger charge is -2.12. The molecule has 0 bridgehead atoms. The molecule has 6 heteroatoms. The Hall–Kier alpha value is -3.12. The van der Waals surface area contributed by atoms with E-state index < -0.39 is 0 Å². The third-order valence-corrected chi connectivity index (χ3v) is 6.07. The van der Waals surface area contributed by atoms with Gasteiger partial charge in [0, 0.05) is 12.2 Å². The van der Waals surface area contributed by atoms with Crippen molar-refractivity contribution in [3.8, 4) is 0 Å². The lowest BCUT2D eigenvalue weighted by Crippen LogP contribution is -2.23. The molecule has 0 aliphatic heterocycles. The van der Waals surface area contributed by atoms with Crippen molar-refractivity contribution >= 4 is 45.0 Å². The lowest BCUT2D eigenvalue weighted by molar-refractivity contribution is -0.113. The van der Waals surface area contributed by atoms with Crippen LogP contribution in [0.1, 0.15) is 18.1 Å². The summed E-state index contributed by atoms with van der Waals surface area (Å²) >= 11 is 1.28. The van der Waals surface area contributed by atoms with Crippen molar-refractivity contribution in [2.45, 2.75) is 32.5 Å². The fourth-order valence-corrected chi connectivity index (χ4v) is 4.41. The molecule has 3 aromatic carbocycles. The predicted molar refractivity (Wildman–Crippen MR) is 124 cm³/mol. The highest BCUT2D eigenvalue weighted by atomic mass is 32.2. The van der Waals surface area contributed by atoms with E-state index in [1.807, 2.05) is 75.4 Å². The van der Waals surface area contributed by atoms with E-state index in [-0.39, 0.29) is 17.2 Å². The lowest BCUT2D eigenvalue weighted by atomic mass is 10.1. The van der Waals surface area contributed by atoms with Gasteiger partial charge in [-0.3, -0.25) is 14.2 Å². The maximum atomic E-state index is 13.0. The number of nitrogens with zero attached hydrogens (tertiary/aromatic N) is 2. The zero-order chi connectivity index (χ0) is 21.3. The first-order valence-corrected chi connectivity index (χ1v) is 10.9. The van der Waals surface area contributed by atoms with Gasteiger partial charge in [0.15, 0.2) is 5.16 Å². The standard InChI is InChI=1S/C24H23N3O2S/c1-4-27-23(29)19-12-17-7-5-6-8-18(17)13-21(19)26-24(27)30-14-22(28)25-20-10-9-15(2)11-16(20)3/h5-13H,4,14H2,1-3H3,(H,25,28). The summed E-state index contributed by atoms with van der Waals surface area (Å²) in [6, 6.07) is 17.7. The average Bonchev–Trinajstić information content (AvgIpc) is 2.73. The van der Waals surface area contributed by atoms with Crippen LogP contribution in [0.2, 0.25) is 0 Å². The van der Waals surface area contributed by atoms with Crippen molar-refractivity contribution in [3.05, 3.63) is 76.1 Å². The van der Waals surface area contributed by atoms with Crippen molar-refractivity contribution in [1.82, 2.24) is 9.55 Å². The topological polar surface area (TPSA) is 64.0 Å². The number of rotatable bonds is 5. The first-order chi connectivity index (χ1) is 14.5. The molecule has 0 fully saturated rings. The summed E-state index contributed by atoms with van der Waals surface area (Å²) in [6.07, 6.45) is 0. The number of aromatic nitrogens is 2. The fourth-order valence-electron chi connectivity index (χ4n) is 3.55. The molecule has 0 spiro atoms. The summed E-state index contributed by atoms with van der Waals surface area (Å²) in [5, 5.41) is 6.15. The number of thioether (sulfide) groups is 1. The number of anilines is 1. The van der Waals surface area contributed by atoms with Crippen LogP contribution in [-0.4, -0.2) is 21.2 Å². The number of aryl methyl sites for hydroxylation is 2. The molecule has 0 atom stereocenters. The summed E-state index contributed by atoms with van der Waals surface area (Å²) in [5.74, 6) is 0.0567. The summed E-state index contributed by atoms with van der Waals surface area (Å²) in [4.78, 5) is 30.3. The van der Waals surface area contributed by atoms with Gasteiger partial charge in [-0.1, -0.05) is 53.7 Å². The summed E-state index contributed by atoms with van der Waals surface area (Å²) in [5.41, 5.74) is 3.55. The number of nitrogens with one attached hydrogen (secondary N) is 1. The molecular formula is C24H23N3O2S. The van der Waals surface area contributed by atoms with Gasteiger partial charge in [0.25, 0.3) is 5.56 Å². The predicted octanol–water partition coefficient (Wildman–Crippen LogP) is 4.92. The number of amides is 1. The molecule has 5 nitrogen and oxygen atoms in total. The monoisotopic (exact) mass is 417 g/mol. The molecule has 1 amide bonds. The quantitative estimate of drug-likeness (QED) is 0.284. The van der Waals surface area contributed by atoms with Crippen LogP contribution in [0.25, 0.3) is 21.7 Å². The maximum Gasteiger partial charge on any atom is 0.262 e. The molecule has 0 saturated carbocycles. The second-order valence-electron chi connectivity index (χ2n) is 7.32. The van der Waals surface area contributed by atoms with Crippen molar-refractivity contribution in [3.63, 3.8) is 0 Å². The van der Waals surface area contributed by atoms with Crippen molar-refractivity contribution in [2.75, 3.05) is 11.1 Å². The number of carbonyl (C=O) groups excluding carboxylic acids is 1. The van der Waals surface area contributed by atoms with E-state index in [0.29, 0.717) is 22.6 Å². The van der Waals surface area contributed by atoms with Crippen molar-refractivity contribution < 1.29 is 4.79 Å². The number of hydrogen-bond donors (Lipinski definition) is 1. The summed E-state index contributed by atoms with van der Waals surface area (Å²) in [7, 11) is 0. The highest BCUT2D eigenvalue weighted by molar-refractivity contribution is 7.99. The Morgan fingerprint density at radius 2 is 1.80 bits per heavy atom. The minimum Gasteiger partial charge on any atom is -0.325 e.